The van der Waals surface area contributed by atoms with Crippen LogP contribution in [-0.4, -0.2) is 42.7 Å². The number of nitrogens with one attached hydrogen (secondary N) is 1. The van der Waals surface area contributed by atoms with E-state index in [1.807, 2.05) is 0 Å². The van der Waals surface area contributed by atoms with E-state index in [0.717, 1.165) is 32.1 Å². The van der Waals surface area contributed by atoms with Crippen molar-refractivity contribution in [3.8, 4) is 0 Å². The fraction of sp³-hybridized carbons (Fsp3) is 0.909. The van der Waals surface area contributed by atoms with Gasteiger partial charge in [-0.3, -0.25) is 10.4 Å². The monoisotopic (exact) mass is 226 g/mol. The lowest BCUT2D eigenvalue weighted by Gasteiger charge is -2.39. The number of hydrazine groups is 1. The van der Waals surface area contributed by atoms with Crippen LogP contribution in [0, 0.1) is 0 Å². The Labute approximate surface area is 97.0 Å². The van der Waals surface area contributed by atoms with Crippen LogP contribution in [0.4, 0.5) is 0 Å². The van der Waals surface area contributed by atoms with Crippen LogP contribution < -0.4 is 11.3 Å². The molecule has 0 aromatic heterocycles. The SMILES string of the molecule is CCCN=C(NN)N1CCOC2CCCC21. The van der Waals surface area contributed by atoms with Crippen LogP contribution in [0.2, 0.25) is 0 Å². The van der Waals surface area contributed by atoms with Gasteiger partial charge in [-0.1, -0.05) is 6.92 Å². The average molecular weight is 226 g/mol. The van der Waals surface area contributed by atoms with E-state index in [0.29, 0.717) is 12.1 Å². The third-order valence-corrected chi connectivity index (χ3v) is 3.37. The highest BCUT2D eigenvalue weighted by molar-refractivity contribution is 5.80. The van der Waals surface area contributed by atoms with Crippen LogP contribution in [0.25, 0.3) is 0 Å². The van der Waals surface area contributed by atoms with Crippen molar-refractivity contribution >= 4 is 5.96 Å². The predicted octanol–water partition coefficient (Wildman–Crippen LogP) is 0.469. The predicted molar refractivity (Wildman–Crippen MR) is 64.0 cm³/mol. The maximum Gasteiger partial charge on any atom is 0.208 e. The smallest absolute Gasteiger partial charge is 0.208 e. The van der Waals surface area contributed by atoms with Gasteiger partial charge >= 0.3 is 0 Å². The van der Waals surface area contributed by atoms with E-state index in [9.17, 15) is 0 Å². The molecule has 2 rings (SSSR count). The van der Waals surface area contributed by atoms with E-state index in [4.69, 9.17) is 10.6 Å². The van der Waals surface area contributed by atoms with Crippen LogP contribution in [0.3, 0.4) is 0 Å². The van der Waals surface area contributed by atoms with Crippen LogP contribution in [0.5, 0.6) is 0 Å². The van der Waals surface area contributed by atoms with E-state index in [1.165, 1.54) is 19.3 Å². The first kappa shape index (κ1) is 11.7. The van der Waals surface area contributed by atoms with Gasteiger partial charge in [0, 0.05) is 13.1 Å². The number of nitrogens with zero attached hydrogens (tertiary/aromatic N) is 2. The fourth-order valence-corrected chi connectivity index (χ4v) is 2.63. The quantitative estimate of drug-likeness (QED) is 0.311. The van der Waals surface area contributed by atoms with E-state index >= 15 is 0 Å². The molecular weight excluding hydrogens is 204 g/mol. The molecule has 2 unspecified atom stereocenters. The lowest BCUT2D eigenvalue weighted by atomic mass is 10.1. The molecule has 0 aromatic rings. The van der Waals surface area contributed by atoms with Crippen molar-refractivity contribution in [1.82, 2.24) is 10.3 Å². The zero-order valence-corrected chi connectivity index (χ0v) is 9.98. The van der Waals surface area contributed by atoms with Crippen LogP contribution in [0.1, 0.15) is 32.6 Å². The summed E-state index contributed by atoms with van der Waals surface area (Å²) in [6, 6.07) is 0.473. The Morgan fingerprint density at radius 2 is 2.44 bits per heavy atom. The van der Waals surface area contributed by atoms with E-state index < -0.39 is 0 Å². The summed E-state index contributed by atoms with van der Waals surface area (Å²) < 4.78 is 5.77. The van der Waals surface area contributed by atoms with Crippen molar-refractivity contribution in [3.63, 3.8) is 0 Å². The van der Waals surface area contributed by atoms with E-state index in [2.05, 4.69) is 22.2 Å². The number of guanidine groups is 1. The summed E-state index contributed by atoms with van der Waals surface area (Å²) in [5.41, 5.74) is 2.74. The maximum atomic E-state index is 5.77. The number of aliphatic imine (C=N–C) groups is 1. The van der Waals surface area contributed by atoms with Gasteiger partial charge in [-0.05, 0) is 25.7 Å². The fourth-order valence-electron chi connectivity index (χ4n) is 2.63. The van der Waals surface area contributed by atoms with Gasteiger partial charge in [0.05, 0.1) is 18.8 Å². The first-order valence-corrected chi connectivity index (χ1v) is 6.26. The molecule has 0 bridgehead atoms. The molecule has 0 amide bonds. The first-order chi connectivity index (χ1) is 7.86. The van der Waals surface area contributed by atoms with Crippen molar-refractivity contribution in [2.24, 2.45) is 10.8 Å². The molecule has 2 atom stereocenters. The Kier molecular flexibility index (Phi) is 4.01. The Morgan fingerprint density at radius 3 is 3.19 bits per heavy atom. The van der Waals surface area contributed by atoms with Gasteiger partial charge in [0.2, 0.25) is 5.96 Å². The van der Waals surface area contributed by atoms with Gasteiger partial charge in [-0.15, -0.1) is 0 Å². The summed E-state index contributed by atoms with van der Waals surface area (Å²) in [5.74, 6) is 6.40. The minimum absolute atomic E-state index is 0.383. The third kappa shape index (κ3) is 2.30. The first-order valence-electron chi connectivity index (χ1n) is 6.26. The average Bonchev–Trinajstić information content (AvgIpc) is 2.78. The Hall–Kier alpha value is -0.810. The summed E-state index contributed by atoms with van der Waals surface area (Å²) in [4.78, 5) is 6.78. The Morgan fingerprint density at radius 1 is 1.56 bits per heavy atom. The van der Waals surface area contributed by atoms with Crippen molar-refractivity contribution < 1.29 is 4.74 Å². The van der Waals surface area contributed by atoms with Gasteiger partial charge in [-0.25, -0.2) is 5.84 Å². The van der Waals surface area contributed by atoms with Crippen LogP contribution in [-0.2, 0) is 4.74 Å². The maximum absolute atomic E-state index is 5.77. The molecule has 1 aliphatic heterocycles. The second-order valence-corrected chi connectivity index (χ2v) is 4.45. The summed E-state index contributed by atoms with van der Waals surface area (Å²) in [5, 5.41) is 0. The molecule has 3 N–H and O–H groups in total. The molecule has 16 heavy (non-hydrogen) atoms. The lowest BCUT2D eigenvalue weighted by Crippen LogP contribution is -2.56. The number of nitrogens with two attached hydrogens (primary N) is 1. The van der Waals surface area contributed by atoms with Crippen molar-refractivity contribution in [2.75, 3.05) is 19.7 Å². The number of hydrogen-bond donors (Lipinski definition) is 2. The molecule has 1 aliphatic carbocycles. The summed E-state index contributed by atoms with van der Waals surface area (Å²) in [7, 11) is 0. The number of morpholine rings is 1. The third-order valence-electron chi connectivity index (χ3n) is 3.37. The van der Waals surface area contributed by atoms with E-state index in [1.54, 1.807) is 0 Å². The molecule has 1 saturated heterocycles. The number of hydrogen-bond acceptors (Lipinski definition) is 3. The number of fused-ring (bicyclic) bond motifs is 1. The van der Waals surface area contributed by atoms with Crippen LogP contribution in [0.15, 0.2) is 4.99 Å². The number of ether oxygens (including phenoxy) is 1. The second-order valence-electron chi connectivity index (χ2n) is 4.45. The lowest BCUT2D eigenvalue weighted by molar-refractivity contribution is -0.0305. The molecule has 5 nitrogen and oxygen atoms in total. The van der Waals surface area contributed by atoms with Gasteiger partial charge < -0.3 is 9.64 Å². The van der Waals surface area contributed by atoms with Crippen molar-refractivity contribution in [3.05, 3.63) is 0 Å². The zero-order valence-electron chi connectivity index (χ0n) is 9.98. The minimum atomic E-state index is 0.383. The Balaban J connectivity index is 2.05. The standard InChI is InChI=1S/C11H22N4O/c1-2-6-13-11(14-12)15-7-8-16-10-5-3-4-9(10)15/h9-10H,2-8,12H2,1H3,(H,13,14). The minimum Gasteiger partial charge on any atom is -0.374 e. The largest absolute Gasteiger partial charge is 0.374 e. The molecular formula is C11H22N4O. The van der Waals surface area contributed by atoms with Gasteiger partial charge in [-0.2, -0.15) is 0 Å². The van der Waals surface area contributed by atoms with E-state index in [-0.39, 0.29) is 0 Å². The van der Waals surface area contributed by atoms with Crippen molar-refractivity contribution in [1.29, 1.82) is 0 Å². The normalized spacial score (nSPS) is 30.4. The molecule has 92 valence electrons. The molecule has 0 aromatic carbocycles. The van der Waals surface area contributed by atoms with Gasteiger partial charge in [0.15, 0.2) is 0 Å². The zero-order chi connectivity index (χ0) is 11.4. The second kappa shape index (κ2) is 5.50. The molecule has 1 saturated carbocycles. The summed E-state index contributed by atoms with van der Waals surface area (Å²) >= 11 is 0. The highest BCUT2D eigenvalue weighted by Crippen LogP contribution is 2.29. The Bertz CT molecular complexity index is 256. The van der Waals surface area contributed by atoms with Crippen LogP contribution >= 0.6 is 0 Å². The van der Waals surface area contributed by atoms with Crippen molar-refractivity contribution in [2.45, 2.75) is 44.8 Å². The van der Waals surface area contributed by atoms with Gasteiger partial charge in [0.1, 0.15) is 0 Å². The highest BCUT2D eigenvalue weighted by atomic mass is 16.5. The molecule has 1 heterocycles. The topological polar surface area (TPSA) is 62.9 Å². The molecule has 2 aliphatic rings. The summed E-state index contributed by atoms with van der Waals surface area (Å²) in [6.07, 6.45) is 5.04. The molecule has 0 radical (unpaired) electrons. The van der Waals surface area contributed by atoms with Gasteiger partial charge in [0.25, 0.3) is 0 Å². The molecule has 2 fully saturated rings. The molecule has 0 spiro atoms. The summed E-state index contributed by atoms with van der Waals surface area (Å²) in [6.45, 7) is 4.63. The molecule has 5 heteroatoms. The highest BCUT2D eigenvalue weighted by Gasteiger charge is 2.37. The number of rotatable bonds is 2.